The standard InChI is InChI=1S/C18H22N4O/c1-4-18(21-20-8-1)22-9-2-3-16(22)13-19-12-14-5-6-17-15(11-14)7-10-23-17/h1,4-6,8,11,16,19H,2-3,7,9-10,12-13H2/t16-/m1/s1. The summed E-state index contributed by atoms with van der Waals surface area (Å²) in [6.45, 7) is 3.77. The molecule has 23 heavy (non-hydrogen) atoms. The minimum absolute atomic E-state index is 0.504. The van der Waals surface area contributed by atoms with Crippen LogP contribution in [0.4, 0.5) is 5.82 Å². The van der Waals surface area contributed by atoms with Gasteiger partial charge in [-0.05, 0) is 42.2 Å². The van der Waals surface area contributed by atoms with Crippen LogP contribution in [0.3, 0.4) is 0 Å². The molecule has 1 fully saturated rings. The summed E-state index contributed by atoms with van der Waals surface area (Å²) in [7, 11) is 0. The van der Waals surface area contributed by atoms with Crippen molar-refractivity contribution in [1.29, 1.82) is 0 Å². The molecule has 0 radical (unpaired) electrons. The monoisotopic (exact) mass is 310 g/mol. The second-order valence-corrected chi connectivity index (χ2v) is 6.24. The van der Waals surface area contributed by atoms with Gasteiger partial charge in [0.25, 0.3) is 0 Å². The second-order valence-electron chi connectivity index (χ2n) is 6.24. The van der Waals surface area contributed by atoms with Gasteiger partial charge in [0.1, 0.15) is 5.75 Å². The summed E-state index contributed by atoms with van der Waals surface area (Å²) < 4.78 is 5.56. The average molecular weight is 310 g/mol. The first kappa shape index (κ1) is 14.5. The zero-order chi connectivity index (χ0) is 15.5. The van der Waals surface area contributed by atoms with Gasteiger partial charge in [-0.25, -0.2) is 0 Å². The maximum absolute atomic E-state index is 5.56. The van der Waals surface area contributed by atoms with Gasteiger partial charge in [0.2, 0.25) is 0 Å². The van der Waals surface area contributed by atoms with Crippen LogP contribution < -0.4 is 15.0 Å². The Morgan fingerprint density at radius 2 is 2.30 bits per heavy atom. The Kier molecular flexibility index (Phi) is 4.11. The Morgan fingerprint density at radius 3 is 3.22 bits per heavy atom. The average Bonchev–Trinajstić information content (AvgIpc) is 3.24. The third-order valence-electron chi connectivity index (χ3n) is 4.69. The molecular formula is C18H22N4O. The van der Waals surface area contributed by atoms with Gasteiger partial charge in [-0.2, -0.15) is 5.10 Å². The molecule has 1 saturated heterocycles. The number of aromatic nitrogens is 2. The fraction of sp³-hybridized carbons (Fsp3) is 0.444. The van der Waals surface area contributed by atoms with Crippen molar-refractivity contribution >= 4 is 5.82 Å². The fourth-order valence-electron chi connectivity index (χ4n) is 3.53. The largest absolute Gasteiger partial charge is 0.493 e. The molecule has 5 nitrogen and oxygen atoms in total. The molecule has 120 valence electrons. The quantitative estimate of drug-likeness (QED) is 0.917. The van der Waals surface area contributed by atoms with Gasteiger partial charge >= 0.3 is 0 Å². The zero-order valence-electron chi connectivity index (χ0n) is 13.2. The van der Waals surface area contributed by atoms with E-state index in [0.717, 1.165) is 44.2 Å². The minimum atomic E-state index is 0.504. The van der Waals surface area contributed by atoms with E-state index in [9.17, 15) is 0 Å². The number of hydrogen-bond donors (Lipinski definition) is 1. The molecule has 1 aromatic heterocycles. The Bertz CT molecular complexity index is 661. The molecular weight excluding hydrogens is 288 g/mol. The first-order chi connectivity index (χ1) is 11.4. The molecule has 1 atom stereocenters. The molecule has 2 aliphatic heterocycles. The van der Waals surface area contributed by atoms with Crippen LogP contribution in [-0.4, -0.2) is 35.9 Å². The molecule has 3 heterocycles. The molecule has 0 spiro atoms. The zero-order valence-corrected chi connectivity index (χ0v) is 13.2. The maximum atomic E-state index is 5.56. The van der Waals surface area contributed by atoms with E-state index in [-0.39, 0.29) is 0 Å². The third kappa shape index (κ3) is 3.15. The predicted molar refractivity (Wildman–Crippen MR) is 89.7 cm³/mol. The first-order valence-corrected chi connectivity index (χ1v) is 8.40. The maximum Gasteiger partial charge on any atom is 0.151 e. The molecule has 1 N–H and O–H groups in total. The number of ether oxygens (including phenoxy) is 1. The Balaban J connectivity index is 1.34. The number of nitrogens with zero attached hydrogens (tertiary/aromatic N) is 3. The molecule has 0 unspecified atom stereocenters. The molecule has 2 aromatic rings. The first-order valence-electron chi connectivity index (χ1n) is 8.40. The summed E-state index contributed by atoms with van der Waals surface area (Å²) in [5, 5.41) is 11.9. The van der Waals surface area contributed by atoms with Crippen LogP contribution in [0.5, 0.6) is 5.75 Å². The summed E-state index contributed by atoms with van der Waals surface area (Å²) in [6, 6.07) is 11.0. The molecule has 0 amide bonds. The molecule has 0 bridgehead atoms. The summed E-state index contributed by atoms with van der Waals surface area (Å²) in [5.41, 5.74) is 2.67. The van der Waals surface area contributed by atoms with Crippen molar-refractivity contribution in [2.24, 2.45) is 0 Å². The van der Waals surface area contributed by atoms with Crippen LogP contribution in [0.2, 0.25) is 0 Å². The van der Waals surface area contributed by atoms with E-state index in [2.05, 4.69) is 38.6 Å². The van der Waals surface area contributed by atoms with Gasteiger partial charge in [0.15, 0.2) is 5.82 Å². The molecule has 0 saturated carbocycles. The van der Waals surface area contributed by atoms with Crippen molar-refractivity contribution < 1.29 is 4.74 Å². The van der Waals surface area contributed by atoms with E-state index in [1.54, 1.807) is 6.20 Å². The van der Waals surface area contributed by atoms with Crippen LogP contribution >= 0.6 is 0 Å². The van der Waals surface area contributed by atoms with Crippen LogP contribution in [0.1, 0.15) is 24.0 Å². The fourth-order valence-corrected chi connectivity index (χ4v) is 3.53. The lowest BCUT2D eigenvalue weighted by Gasteiger charge is -2.25. The van der Waals surface area contributed by atoms with E-state index in [1.807, 2.05) is 12.1 Å². The van der Waals surface area contributed by atoms with Crippen molar-refractivity contribution in [1.82, 2.24) is 15.5 Å². The normalized spacial score (nSPS) is 19.7. The van der Waals surface area contributed by atoms with Crippen LogP contribution in [0, 0.1) is 0 Å². The Labute approximate surface area is 136 Å². The molecule has 0 aliphatic carbocycles. The lowest BCUT2D eigenvalue weighted by molar-refractivity contribution is 0.357. The van der Waals surface area contributed by atoms with Crippen LogP contribution in [-0.2, 0) is 13.0 Å². The minimum Gasteiger partial charge on any atom is -0.493 e. The summed E-state index contributed by atoms with van der Waals surface area (Å²) >= 11 is 0. The summed E-state index contributed by atoms with van der Waals surface area (Å²) in [6.07, 6.45) is 5.19. The molecule has 5 heteroatoms. The molecule has 4 rings (SSSR count). The SMILES string of the molecule is c1cnnc(N2CCC[C@@H]2CNCc2ccc3c(c2)CCO3)c1. The lowest BCUT2D eigenvalue weighted by Crippen LogP contribution is -2.38. The summed E-state index contributed by atoms with van der Waals surface area (Å²) in [4.78, 5) is 2.37. The van der Waals surface area contributed by atoms with Crippen molar-refractivity contribution in [2.45, 2.75) is 31.8 Å². The molecule has 1 aromatic carbocycles. The van der Waals surface area contributed by atoms with E-state index in [0.29, 0.717) is 6.04 Å². The highest BCUT2D eigenvalue weighted by molar-refractivity contribution is 5.40. The van der Waals surface area contributed by atoms with Crippen molar-refractivity contribution in [3.63, 3.8) is 0 Å². The summed E-state index contributed by atoms with van der Waals surface area (Å²) in [5.74, 6) is 2.05. The van der Waals surface area contributed by atoms with Crippen LogP contribution in [0.25, 0.3) is 0 Å². The number of fused-ring (bicyclic) bond motifs is 1. The van der Waals surface area contributed by atoms with Crippen molar-refractivity contribution in [3.8, 4) is 5.75 Å². The van der Waals surface area contributed by atoms with Crippen LogP contribution in [0.15, 0.2) is 36.5 Å². The highest BCUT2D eigenvalue weighted by atomic mass is 16.5. The van der Waals surface area contributed by atoms with Gasteiger partial charge < -0.3 is 15.0 Å². The van der Waals surface area contributed by atoms with Gasteiger partial charge in [0.05, 0.1) is 6.61 Å². The van der Waals surface area contributed by atoms with Gasteiger partial charge in [-0.3, -0.25) is 0 Å². The second kappa shape index (κ2) is 6.54. The smallest absolute Gasteiger partial charge is 0.151 e. The lowest BCUT2D eigenvalue weighted by atomic mass is 10.1. The molecule has 2 aliphatic rings. The number of rotatable bonds is 5. The number of hydrogen-bond acceptors (Lipinski definition) is 5. The van der Waals surface area contributed by atoms with E-state index in [1.165, 1.54) is 24.0 Å². The van der Waals surface area contributed by atoms with Crippen molar-refractivity contribution in [2.75, 3.05) is 24.6 Å². The number of nitrogens with one attached hydrogen (secondary N) is 1. The van der Waals surface area contributed by atoms with Gasteiger partial charge in [0, 0.05) is 38.3 Å². The van der Waals surface area contributed by atoms with E-state index >= 15 is 0 Å². The highest BCUT2D eigenvalue weighted by Gasteiger charge is 2.25. The Morgan fingerprint density at radius 1 is 1.30 bits per heavy atom. The van der Waals surface area contributed by atoms with Crippen molar-refractivity contribution in [3.05, 3.63) is 47.7 Å². The Hall–Kier alpha value is -2.14. The third-order valence-corrected chi connectivity index (χ3v) is 4.69. The van der Waals surface area contributed by atoms with E-state index < -0.39 is 0 Å². The van der Waals surface area contributed by atoms with Gasteiger partial charge in [-0.1, -0.05) is 12.1 Å². The highest BCUT2D eigenvalue weighted by Crippen LogP contribution is 2.26. The van der Waals surface area contributed by atoms with E-state index in [4.69, 9.17) is 4.74 Å². The van der Waals surface area contributed by atoms with Gasteiger partial charge in [-0.15, -0.1) is 5.10 Å². The topological polar surface area (TPSA) is 50.3 Å². The predicted octanol–water partition coefficient (Wildman–Crippen LogP) is 2.17. The number of benzene rings is 1. The number of anilines is 1.